The Labute approximate surface area is 463 Å². The minimum absolute atomic E-state index is 0.0422. The maximum atomic E-state index is 10.3. The van der Waals surface area contributed by atoms with Crippen LogP contribution in [0.5, 0.6) is 0 Å². The van der Waals surface area contributed by atoms with E-state index in [0.717, 1.165) is 111 Å². The highest BCUT2D eigenvalue weighted by Gasteiger charge is 2.30. The van der Waals surface area contributed by atoms with E-state index in [1.54, 1.807) is 0 Å². The highest BCUT2D eigenvalue weighted by molar-refractivity contribution is 6.32. The summed E-state index contributed by atoms with van der Waals surface area (Å²) in [6.07, 6.45) is 0. The van der Waals surface area contributed by atoms with E-state index in [4.69, 9.17) is 0 Å². The molecule has 4 heterocycles. The van der Waals surface area contributed by atoms with Crippen molar-refractivity contribution >= 4 is 110 Å². The quantitative estimate of drug-likeness (QED) is 0.151. The normalized spacial score (nSPS) is 13.6. The zero-order valence-electron chi connectivity index (χ0n) is 50.4. The molecule has 0 aliphatic heterocycles. The van der Waals surface area contributed by atoms with Crippen LogP contribution in [0.3, 0.4) is 0 Å². The van der Waals surface area contributed by atoms with Crippen molar-refractivity contribution in [3.05, 3.63) is 254 Å². The Morgan fingerprint density at radius 1 is 0.321 bits per heavy atom. The number of para-hydroxylation sites is 2. The minimum Gasteiger partial charge on any atom is -0.310 e. The van der Waals surface area contributed by atoms with E-state index in [1.807, 2.05) is 114 Å². The van der Waals surface area contributed by atoms with Crippen molar-refractivity contribution in [2.24, 2.45) is 0 Å². The molecular formula is C74H58N4. The molecule has 4 nitrogen and oxygen atoms in total. The molecule has 4 aromatic heterocycles. The lowest BCUT2D eigenvalue weighted by Crippen LogP contribution is -2.11. The van der Waals surface area contributed by atoms with E-state index in [9.17, 15) is 8.22 Å². The molecule has 15 rings (SSSR count). The van der Waals surface area contributed by atoms with E-state index < -0.39 is 10.8 Å². The maximum Gasteiger partial charge on any atom is 0.0645 e. The van der Waals surface area contributed by atoms with E-state index in [2.05, 4.69) is 152 Å². The predicted octanol–water partition coefficient (Wildman–Crippen LogP) is 20.9. The Hall–Kier alpha value is -9.38. The largest absolute Gasteiger partial charge is 0.310 e. The molecule has 0 spiro atoms. The van der Waals surface area contributed by atoms with Gasteiger partial charge in [-0.3, -0.25) is 0 Å². The van der Waals surface area contributed by atoms with Gasteiger partial charge in [-0.05, 0) is 141 Å². The first-order valence-electron chi connectivity index (χ1n) is 29.9. The smallest absolute Gasteiger partial charge is 0.0645 e. The van der Waals surface area contributed by atoms with Gasteiger partial charge in [-0.1, -0.05) is 187 Å². The second-order valence-electron chi connectivity index (χ2n) is 22.9. The summed E-state index contributed by atoms with van der Waals surface area (Å²) < 4.78 is 64.4. The first-order valence-corrected chi connectivity index (χ1v) is 26.9. The van der Waals surface area contributed by atoms with Gasteiger partial charge in [-0.15, -0.1) is 0 Å². The van der Waals surface area contributed by atoms with Gasteiger partial charge in [0.1, 0.15) is 0 Å². The Kier molecular flexibility index (Phi) is 8.74. The van der Waals surface area contributed by atoms with Gasteiger partial charge in [0.2, 0.25) is 0 Å². The molecule has 0 N–H and O–H groups in total. The van der Waals surface area contributed by atoms with Crippen LogP contribution in [0.1, 0.15) is 60.9 Å². The molecule has 0 bridgehead atoms. The fraction of sp³-hybridized carbons (Fsp3) is 0.108. The number of aromatic nitrogens is 2. The van der Waals surface area contributed by atoms with Gasteiger partial charge in [0.05, 0.1) is 52.7 Å². The minimum atomic E-state index is -0.614. The molecule has 4 heteroatoms. The van der Waals surface area contributed by atoms with E-state index in [-0.39, 0.29) is 36.3 Å². The van der Waals surface area contributed by atoms with Crippen molar-refractivity contribution in [3.8, 4) is 22.3 Å². The van der Waals surface area contributed by atoms with Crippen molar-refractivity contribution in [2.45, 2.75) is 52.4 Å². The maximum absolute atomic E-state index is 10.3. The van der Waals surface area contributed by atoms with Gasteiger partial charge in [-0.25, -0.2) is 0 Å². The van der Waals surface area contributed by atoms with Crippen molar-refractivity contribution in [2.75, 3.05) is 9.80 Å². The lowest BCUT2D eigenvalue weighted by Gasteiger charge is -2.27. The number of fused-ring (bicyclic) bond motifs is 12. The molecule has 0 amide bonds. The van der Waals surface area contributed by atoms with E-state index in [1.165, 1.54) is 0 Å². The van der Waals surface area contributed by atoms with Crippen LogP contribution >= 0.6 is 0 Å². The summed E-state index contributed by atoms with van der Waals surface area (Å²) in [5.41, 5.74) is 14.0. The molecule has 0 aliphatic rings. The van der Waals surface area contributed by atoms with Gasteiger partial charge in [0.25, 0.3) is 0 Å². The molecule has 0 radical (unpaired) electrons. The second kappa shape index (κ2) is 17.1. The highest BCUT2D eigenvalue weighted by atomic mass is 15.2. The summed E-state index contributed by atoms with van der Waals surface area (Å²) in [5.74, 6) is 0. The Morgan fingerprint density at radius 2 is 0.654 bits per heavy atom. The number of benzene rings is 11. The number of rotatable bonds is 8. The van der Waals surface area contributed by atoms with Crippen molar-refractivity contribution in [3.63, 3.8) is 0 Å². The van der Waals surface area contributed by atoms with E-state index >= 15 is 0 Å². The number of nitrogens with zero attached hydrogens (tertiary/aromatic N) is 4. The fourth-order valence-electron chi connectivity index (χ4n) is 12.1. The van der Waals surface area contributed by atoms with Crippen LogP contribution < -0.4 is 9.80 Å². The molecule has 0 atom stereocenters. The Balaban J connectivity index is 1.06. The Morgan fingerprint density at radius 3 is 1.01 bits per heavy atom. The number of hydrogen-bond donors (Lipinski definition) is 0. The molecule has 0 unspecified atom stereocenters. The zero-order chi connectivity index (χ0) is 57.8. The van der Waals surface area contributed by atoms with Crippen LogP contribution in [0, 0.1) is 0 Å². The average Bonchev–Trinajstić information content (AvgIpc) is 1.54. The van der Waals surface area contributed by atoms with Crippen molar-refractivity contribution in [1.82, 2.24) is 8.80 Å². The zero-order valence-corrected chi connectivity index (χ0v) is 44.4. The van der Waals surface area contributed by atoms with Gasteiger partial charge in [0.15, 0.2) is 0 Å². The van der Waals surface area contributed by atoms with Crippen molar-refractivity contribution < 1.29 is 8.22 Å². The SMILES string of the molecule is [2H]c1c(C(C)(C)C)c([2H])c2c3c(N(c4ccccc4)c4ccc(-c5ccccc5)cc4)ccc4c5cc6c(cc5n(c2c1[2H])c43)c1ccc(N(c2ccccc2)c2ccc(-c3ccccc3)cc2)c2c3c([2H])c(C(C)(C)C)c([2H])c([2H])c3n6c12. The summed E-state index contributed by atoms with van der Waals surface area (Å²) in [4.78, 5) is 4.50. The molecule has 0 saturated carbocycles. The lowest BCUT2D eigenvalue weighted by atomic mass is 9.86. The van der Waals surface area contributed by atoms with Crippen molar-refractivity contribution in [1.29, 1.82) is 0 Å². The van der Waals surface area contributed by atoms with Gasteiger partial charge < -0.3 is 18.6 Å². The molecule has 374 valence electrons. The van der Waals surface area contributed by atoms with Gasteiger partial charge in [0, 0.05) is 65.8 Å². The first-order chi connectivity index (χ1) is 40.5. The standard InChI is InChI=1S/C74H58N4/c1-73(2,3)51-31-39-63-61(43-51)69-65(75(53-23-15-9-16-24-53)55-33-27-49(28-34-55)47-19-11-7-12-20-47)41-37-57-59-46-68-60(45-67(59)77(63)71(57)69)58-38-42-66(70-62-44-52(74(4,5)6)32-40-64(62)78(68)72(58)70)76(54-25-17-10-18-26-54)56-35-29-50(30-36-56)48-21-13-8-14-22-48/h7-46H,1-6H3/i31D,32D,39D,40D,43D,44D. The highest BCUT2D eigenvalue weighted by Crippen LogP contribution is 2.52. The van der Waals surface area contributed by atoms with Gasteiger partial charge in [-0.2, -0.15) is 0 Å². The third-order valence-electron chi connectivity index (χ3n) is 15.9. The fourth-order valence-corrected chi connectivity index (χ4v) is 12.1. The molecule has 78 heavy (non-hydrogen) atoms. The second-order valence-corrected chi connectivity index (χ2v) is 22.9. The van der Waals surface area contributed by atoms with Crippen LogP contribution in [-0.2, 0) is 10.8 Å². The molecule has 0 saturated heterocycles. The first kappa shape index (κ1) is 40.0. The van der Waals surface area contributed by atoms with Crippen LogP contribution in [-0.4, -0.2) is 8.80 Å². The predicted molar refractivity (Wildman–Crippen MR) is 333 cm³/mol. The third kappa shape index (κ3) is 6.99. The van der Waals surface area contributed by atoms with Gasteiger partial charge >= 0.3 is 0 Å². The molecular weight excluding hydrogens is 945 g/mol. The Bertz CT molecular complexity index is 4800. The third-order valence-corrected chi connectivity index (χ3v) is 15.9. The van der Waals surface area contributed by atoms with Crippen LogP contribution in [0.25, 0.3) is 98.4 Å². The summed E-state index contributed by atoms with van der Waals surface area (Å²) in [6, 6.07) is 72.2. The summed E-state index contributed by atoms with van der Waals surface area (Å²) in [6.45, 7) is 12.1. The number of anilines is 6. The molecule has 11 aromatic carbocycles. The molecule has 0 fully saturated rings. The molecule has 0 aliphatic carbocycles. The summed E-state index contributed by atoms with van der Waals surface area (Å²) in [5, 5.41) is 6.53. The van der Waals surface area contributed by atoms with Crippen LogP contribution in [0.4, 0.5) is 34.1 Å². The summed E-state index contributed by atoms with van der Waals surface area (Å²) in [7, 11) is 0. The average molecular weight is 1010 g/mol. The van der Waals surface area contributed by atoms with E-state index in [0.29, 0.717) is 32.9 Å². The van der Waals surface area contributed by atoms with Crippen LogP contribution in [0.2, 0.25) is 0 Å². The summed E-state index contributed by atoms with van der Waals surface area (Å²) >= 11 is 0. The monoisotopic (exact) mass is 1010 g/mol. The lowest BCUT2D eigenvalue weighted by molar-refractivity contribution is 0.591. The molecule has 15 aromatic rings. The topological polar surface area (TPSA) is 15.3 Å². The van der Waals surface area contributed by atoms with Crippen LogP contribution in [0.15, 0.2) is 243 Å². The number of hydrogen-bond acceptors (Lipinski definition) is 2.